The summed E-state index contributed by atoms with van der Waals surface area (Å²) in [7, 11) is 4.39. The molecule has 2 unspecified atom stereocenters. The maximum atomic E-state index is 5.81. The topological polar surface area (TPSA) is 29.3 Å². The average Bonchev–Trinajstić information content (AvgIpc) is 2.01. The highest BCUT2D eigenvalue weighted by Crippen LogP contribution is 2.35. The van der Waals surface area contributed by atoms with Crippen LogP contribution in [0.25, 0.3) is 0 Å². The zero-order chi connectivity index (χ0) is 9.84. The molecule has 13 heavy (non-hydrogen) atoms. The number of nitrogens with zero attached hydrogens (tertiary/aromatic N) is 1. The third kappa shape index (κ3) is 2.44. The van der Waals surface area contributed by atoms with Crippen LogP contribution in [0.5, 0.6) is 0 Å². The molecule has 1 rings (SSSR count). The third-order valence-electron chi connectivity index (χ3n) is 3.54. The molecule has 78 valence electrons. The lowest BCUT2D eigenvalue weighted by Crippen LogP contribution is -2.46. The Morgan fingerprint density at radius 3 is 2.23 bits per heavy atom. The van der Waals surface area contributed by atoms with E-state index in [2.05, 4.69) is 25.9 Å². The van der Waals surface area contributed by atoms with Crippen LogP contribution in [-0.2, 0) is 0 Å². The second-order valence-electron chi connectivity index (χ2n) is 4.55. The SMILES string of the molecule is CCC(CN)C(C1CCC1)N(C)C. The quantitative estimate of drug-likeness (QED) is 0.704. The Hall–Kier alpha value is -0.0800. The predicted molar refractivity (Wildman–Crippen MR) is 57.7 cm³/mol. The van der Waals surface area contributed by atoms with Crippen molar-refractivity contribution in [3.05, 3.63) is 0 Å². The van der Waals surface area contributed by atoms with Crippen LogP contribution in [0.15, 0.2) is 0 Å². The minimum atomic E-state index is 0.695. The van der Waals surface area contributed by atoms with Gasteiger partial charge in [0.05, 0.1) is 0 Å². The first kappa shape index (κ1) is 11.0. The molecular weight excluding hydrogens is 160 g/mol. The van der Waals surface area contributed by atoms with Gasteiger partial charge in [0.25, 0.3) is 0 Å². The zero-order valence-electron chi connectivity index (χ0n) is 9.29. The number of nitrogens with two attached hydrogens (primary N) is 1. The highest BCUT2D eigenvalue weighted by molar-refractivity contribution is 4.87. The van der Waals surface area contributed by atoms with E-state index in [1.807, 2.05) is 0 Å². The normalized spacial score (nSPS) is 22.8. The smallest absolute Gasteiger partial charge is 0.0158 e. The fourth-order valence-corrected chi connectivity index (χ4v) is 2.56. The number of hydrogen-bond donors (Lipinski definition) is 1. The summed E-state index contributed by atoms with van der Waals surface area (Å²) in [6.45, 7) is 3.10. The summed E-state index contributed by atoms with van der Waals surface area (Å²) >= 11 is 0. The van der Waals surface area contributed by atoms with Crippen molar-refractivity contribution >= 4 is 0 Å². The van der Waals surface area contributed by atoms with Crippen molar-refractivity contribution < 1.29 is 0 Å². The molecule has 0 radical (unpaired) electrons. The van der Waals surface area contributed by atoms with Crippen molar-refractivity contribution in [1.82, 2.24) is 4.90 Å². The van der Waals surface area contributed by atoms with E-state index < -0.39 is 0 Å². The summed E-state index contributed by atoms with van der Waals surface area (Å²) in [5, 5.41) is 0. The Bertz CT molecular complexity index is 137. The number of rotatable bonds is 5. The van der Waals surface area contributed by atoms with E-state index in [1.165, 1.54) is 25.7 Å². The Kier molecular flexibility index (Phi) is 4.20. The van der Waals surface area contributed by atoms with Crippen LogP contribution >= 0.6 is 0 Å². The third-order valence-corrected chi connectivity index (χ3v) is 3.54. The highest BCUT2D eigenvalue weighted by Gasteiger charge is 2.33. The first-order valence-corrected chi connectivity index (χ1v) is 5.57. The zero-order valence-corrected chi connectivity index (χ0v) is 9.29. The standard InChI is InChI=1S/C11H24N2/c1-4-9(8-12)11(13(2)3)10-6-5-7-10/h9-11H,4-8,12H2,1-3H3. The van der Waals surface area contributed by atoms with Gasteiger partial charge in [0.15, 0.2) is 0 Å². The van der Waals surface area contributed by atoms with E-state index in [1.54, 1.807) is 0 Å². The number of hydrogen-bond acceptors (Lipinski definition) is 2. The van der Waals surface area contributed by atoms with Crippen molar-refractivity contribution in [2.75, 3.05) is 20.6 Å². The molecule has 0 aromatic heterocycles. The highest BCUT2D eigenvalue weighted by atomic mass is 15.1. The van der Waals surface area contributed by atoms with E-state index in [4.69, 9.17) is 5.73 Å². The van der Waals surface area contributed by atoms with Gasteiger partial charge in [0, 0.05) is 6.04 Å². The second-order valence-corrected chi connectivity index (χ2v) is 4.55. The molecule has 0 aromatic carbocycles. The average molecular weight is 184 g/mol. The van der Waals surface area contributed by atoms with Gasteiger partial charge >= 0.3 is 0 Å². The van der Waals surface area contributed by atoms with Crippen molar-refractivity contribution in [1.29, 1.82) is 0 Å². The molecule has 0 aromatic rings. The lowest BCUT2D eigenvalue weighted by atomic mass is 9.73. The summed E-state index contributed by atoms with van der Waals surface area (Å²) in [4.78, 5) is 2.38. The van der Waals surface area contributed by atoms with Crippen LogP contribution in [0.1, 0.15) is 32.6 Å². The van der Waals surface area contributed by atoms with E-state index in [0.717, 1.165) is 18.5 Å². The summed E-state index contributed by atoms with van der Waals surface area (Å²) in [5.41, 5.74) is 5.81. The van der Waals surface area contributed by atoms with Crippen LogP contribution in [0.4, 0.5) is 0 Å². The lowest BCUT2D eigenvalue weighted by molar-refractivity contribution is 0.0900. The van der Waals surface area contributed by atoms with Crippen molar-refractivity contribution in [3.63, 3.8) is 0 Å². The van der Waals surface area contributed by atoms with Gasteiger partial charge in [-0.05, 0) is 45.3 Å². The minimum absolute atomic E-state index is 0.695. The Labute approximate surface area is 82.5 Å². The monoisotopic (exact) mass is 184 g/mol. The molecule has 0 saturated heterocycles. The van der Waals surface area contributed by atoms with Crippen molar-refractivity contribution in [3.8, 4) is 0 Å². The first-order chi connectivity index (χ1) is 6.20. The molecule has 0 amide bonds. The molecule has 1 fully saturated rings. The molecule has 2 nitrogen and oxygen atoms in total. The van der Waals surface area contributed by atoms with Crippen LogP contribution in [-0.4, -0.2) is 31.6 Å². The van der Waals surface area contributed by atoms with Gasteiger partial charge in [-0.15, -0.1) is 0 Å². The lowest BCUT2D eigenvalue weighted by Gasteiger charge is -2.42. The summed E-state index contributed by atoms with van der Waals surface area (Å²) in [6, 6.07) is 0.726. The summed E-state index contributed by atoms with van der Waals surface area (Å²) in [6.07, 6.45) is 5.48. The fraction of sp³-hybridized carbons (Fsp3) is 1.00. The Morgan fingerprint density at radius 1 is 1.38 bits per heavy atom. The molecule has 0 bridgehead atoms. The second kappa shape index (κ2) is 4.97. The van der Waals surface area contributed by atoms with Crippen LogP contribution in [0, 0.1) is 11.8 Å². The van der Waals surface area contributed by atoms with Gasteiger partial charge in [-0.1, -0.05) is 19.8 Å². The molecule has 0 spiro atoms. The fourth-order valence-electron chi connectivity index (χ4n) is 2.56. The molecule has 2 N–H and O–H groups in total. The van der Waals surface area contributed by atoms with Gasteiger partial charge < -0.3 is 10.6 Å². The first-order valence-electron chi connectivity index (χ1n) is 5.57. The van der Waals surface area contributed by atoms with Crippen LogP contribution in [0.3, 0.4) is 0 Å². The van der Waals surface area contributed by atoms with Gasteiger partial charge in [-0.2, -0.15) is 0 Å². The molecule has 1 saturated carbocycles. The van der Waals surface area contributed by atoms with E-state index >= 15 is 0 Å². The summed E-state index contributed by atoms with van der Waals surface area (Å²) < 4.78 is 0. The van der Waals surface area contributed by atoms with Crippen molar-refractivity contribution in [2.24, 2.45) is 17.6 Å². The van der Waals surface area contributed by atoms with Crippen molar-refractivity contribution in [2.45, 2.75) is 38.6 Å². The largest absolute Gasteiger partial charge is 0.330 e. The van der Waals surface area contributed by atoms with Gasteiger partial charge in [0.2, 0.25) is 0 Å². The van der Waals surface area contributed by atoms with E-state index in [-0.39, 0.29) is 0 Å². The molecule has 2 heteroatoms. The van der Waals surface area contributed by atoms with Gasteiger partial charge in [-0.25, -0.2) is 0 Å². The predicted octanol–water partition coefficient (Wildman–Crippen LogP) is 1.70. The molecule has 1 aliphatic carbocycles. The molecular formula is C11H24N2. The molecule has 2 atom stereocenters. The Balaban J connectivity index is 2.53. The van der Waals surface area contributed by atoms with E-state index in [9.17, 15) is 0 Å². The summed E-state index contributed by atoms with van der Waals surface area (Å²) in [5.74, 6) is 1.61. The van der Waals surface area contributed by atoms with E-state index in [0.29, 0.717) is 5.92 Å². The Morgan fingerprint density at radius 2 is 2.00 bits per heavy atom. The molecule has 1 aliphatic rings. The minimum Gasteiger partial charge on any atom is -0.330 e. The van der Waals surface area contributed by atoms with Gasteiger partial charge in [0.1, 0.15) is 0 Å². The maximum Gasteiger partial charge on any atom is 0.0158 e. The van der Waals surface area contributed by atoms with Crippen LogP contribution in [0.2, 0.25) is 0 Å². The van der Waals surface area contributed by atoms with Gasteiger partial charge in [-0.3, -0.25) is 0 Å². The molecule has 0 heterocycles. The van der Waals surface area contributed by atoms with Crippen LogP contribution < -0.4 is 5.73 Å². The maximum absolute atomic E-state index is 5.81. The molecule has 0 aliphatic heterocycles.